The predicted octanol–water partition coefficient (Wildman–Crippen LogP) is 2.92. The maximum atomic E-state index is 12.9. The van der Waals surface area contributed by atoms with Gasteiger partial charge in [-0.15, -0.1) is 0 Å². The second-order valence-corrected chi connectivity index (χ2v) is 7.00. The number of pyridine rings is 1. The first-order valence-electron chi connectivity index (χ1n) is 9.68. The molecule has 0 saturated carbocycles. The van der Waals surface area contributed by atoms with Crippen LogP contribution in [0, 0.1) is 13.8 Å². The largest absolute Gasteiger partial charge is 0.368 e. The Morgan fingerprint density at radius 3 is 2.93 bits per heavy atom. The van der Waals surface area contributed by atoms with Crippen LogP contribution in [-0.2, 0) is 11.2 Å². The minimum atomic E-state index is -0.303. The highest BCUT2D eigenvalue weighted by Gasteiger charge is 2.28. The van der Waals surface area contributed by atoms with Gasteiger partial charge in [-0.05, 0) is 26.0 Å². The molecule has 3 aromatic heterocycles. The van der Waals surface area contributed by atoms with E-state index in [4.69, 9.17) is 14.2 Å². The van der Waals surface area contributed by atoms with Gasteiger partial charge in [-0.25, -0.2) is 15.0 Å². The number of hydrogen-bond acceptors (Lipinski definition) is 7. The minimum Gasteiger partial charge on any atom is -0.368 e. The highest BCUT2D eigenvalue weighted by Crippen LogP contribution is 2.29. The Balaban J connectivity index is 1.58. The van der Waals surface area contributed by atoms with Crippen LogP contribution < -0.4 is 0 Å². The van der Waals surface area contributed by atoms with Crippen molar-refractivity contribution >= 4 is 5.91 Å². The van der Waals surface area contributed by atoms with Crippen molar-refractivity contribution in [3.63, 3.8) is 0 Å². The summed E-state index contributed by atoms with van der Waals surface area (Å²) in [5.74, 6) is 0.726. The quantitative estimate of drug-likeness (QED) is 0.672. The first-order valence-corrected chi connectivity index (χ1v) is 9.68. The molecule has 29 heavy (non-hydrogen) atoms. The lowest BCUT2D eigenvalue weighted by atomic mass is 10.1. The monoisotopic (exact) mass is 393 g/mol. The molecule has 0 N–H and O–H groups in total. The van der Waals surface area contributed by atoms with Crippen LogP contribution in [0.25, 0.3) is 11.3 Å². The Labute approximate surface area is 168 Å². The number of rotatable bonds is 4. The maximum absolute atomic E-state index is 12.9. The number of carbonyl (C=O) groups is 1. The number of aryl methyl sites for hydroxylation is 3. The van der Waals surface area contributed by atoms with E-state index in [0.717, 1.165) is 34.8 Å². The van der Waals surface area contributed by atoms with Gasteiger partial charge < -0.3 is 14.2 Å². The molecule has 1 fully saturated rings. The maximum Gasteiger partial charge on any atom is 0.257 e. The number of ether oxygens (including phenoxy) is 1. The fraction of sp³-hybridized carbons (Fsp3) is 0.381. The summed E-state index contributed by atoms with van der Waals surface area (Å²) in [7, 11) is 0. The van der Waals surface area contributed by atoms with Gasteiger partial charge in [0.25, 0.3) is 5.91 Å². The van der Waals surface area contributed by atoms with Gasteiger partial charge in [-0.3, -0.25) is 4.79 Å². The Hall–Kier alpha value is -3.13. The van der Waals surface area contributed by atoms with Crippen molar-refractivity contribution in [1.29, 1.82) is 0 Å². The van der Waals surface area contributed by atoms with Crippen LogP contribution in [0.1, 0.15) is 46.2 Å². The van der Waals surface area contributed by atoms with E-state index in [1.807, 2.05) is 39.0 Å². The fourth-order valence-electron chi connectivity index (χ4n) is 3.54. The van der Waals surface area contributed by atoms with Gasteiger partial charge in [-0.1, -0.05) is 18.1 Å². The predicted molar refractivity (Wildman–Crippen MR) is 105 cm³/mol. The first kappa shape index (κ1) is 19.2. The number of morpholine rings is 1. The lowest BCUT2D eigenvalue weighted by Crippen LogP contribution is -2.42. The molecule has 150 valence electrons. The van der Waals surface area contributed by atoms with Crippen LogP contribution in [-0.4, -0.2) is 50.6 Å². The zero-order valence-electron chi connectivity index (χ0n) is 16.8. The van der Waals surface area contributed by atoms with E-state index in [0.29, 0.717) is 31.0 Å². The van der Waals surface area contributed by atoms with Crippen molar-refractivity contribution in [2.75, 3.05) is 19.7 Å². The molecule has 0 unspecified atom stereocenters. The third kappa shape index (κ3) is 3.75. The van der Waals surface area contributed by atoms with Crippen molar-refractivity contribution < 1.29 is 14.1 Å². The molecule has 8 nitrogen and oxygen atoms in total. The van der Waals surface area contributed by atoms with Crippen LogP contribution in [0.3, 0.4) is 0 Å². The molecule has 4 heterocycles. The molecule has 1 saturated heterocycles. The third-order valence-electron chi connectivity index (χ3n) is 5.11. The smallest absolute Gasteiger partial charge is 0.257 e. The molecule has 0 spiro atoms. The zero-order chi connectivity index (χ0) is 20.4. The standard InChI is InChI=1S/C21H23N5O3/c1-4-18-20(14(3)25-29-18)17-7-5-6-16(24-17)19-11-26(8-9-28-19)21(27)15-10-22-12-23-13(15)2/h5-7,10,12,19H,4,8-9,11H2,1-3H3/t19-/m0/s1. The highest BCUT2D eigenvalue weighted by atomic mass is 16.5. The summed E-state index contributed by atoms with van der Waals surface area (Å²) in [6, 6.07) is 5.81. The van der Waals surface area contributed by atoms with Gasteiger partial charge in [0.1, 0.15) is 18.2 Å². The van der Waals surface area contributed by atoms with Crippen LogP contribution in [0.5, 0.6) is 0 Å². The van der Waals surface area contributed by atoms with Crippen LogP contribution in [0.4, 0.5) is 0 Å². The second-order valence-electron chi connectivity index (χ2n) is 7.00. The number of hydrogen-bond donors (Lipinski definition) is 0. The summed E-state index contributed by atoms with van der Waals surface area (Å²) >= 11 is 0. The van der Waals surface area contributed by atoms with E-state index in [9.17, 15) is 4.79 Å². The van der Waals surface area contributed by atoms with Gasteiger partial charge in [0.15, 0.2) is 0 Å². The number of nitrogens with zero attached hydrogens (tertiary/aromatic N) is 5. The molecule has 1 aliphatic heterocycles. The van der Waals surface area contributed by atoms with E-state index >= 15 is 0 Å². The Morgan fingerprint density at radius 1 is 1.28 bits per heavy atom. The minimum absolute atomic E-state index is 0.0873. The highest BCUT2D eigenvalue weighted by molar-refractivity contribution is 5.95. The Kier molecular flexibility index (Phi) is 5.35. The summed E-state index contributed by atoms with van der Waals surface area (Å²) in [5, 5.41) is 4.07. The van der Waals surface area contributed by atoms with Gasteiger partial charge >= 0.3 is 0 Å². The second kappa shape index (κ2) is 8.08. The fourth-order valence-corrected chi connectivity index (χ4v) is 3.54. The molecule has 1 aliphatic rings. The average molecular weight is 393 g/mol. The molecule has 0 aromatic carbocycles. The number of amides is 1. The molecule has 0 bridgehead atoms. The van der Waals surface area contributed by atoms with E-state index in [1.54, 1.807) is 11.1 Å². The van der Waals surface area contributed by atoms with E-state index in [1.165, 1.54) is 6.33 Å². The van der Waals surface area contributed by atoms with Gasteiger partial charge in [0.05, 0.1) is 47.1 Å². The molecular formula is C21H23N5O3. The lowest BCUT2D eigenvalue weighted by Gasteiger charge is -2.33. The van der Waals surface area contributed by atoms with E-state index < -0.39 is 0 Å². The van der Waals surface area contributed by atoms with Gasteiger partial charge in [0.2, 0.25) is 0 Å². The van der Waals surface area contributed by atoms with E-state index in [-0.39, 0.29) is 12.0 Å². The van der Waals surface area contributed by atoms with Gasteiger partial charge in [0, 0.05) is 19.2 Å². The number of carbonyl (C=O) groups excluding carboxylic acids is 1. The van der Waals surface area contributed by atoms with Crippen molar-refractivity contribution in [2.45, 2.75) is 33.3 Å². The van der Waals surface area contributed by atoms with Crippen LogP contribution in [0.2, 0.25) is 0 Å². The summed E-state index contributed by atoms with van der Waals surface area (Å²) < 4.78 is 11.4. The molecule has 4 rings (SSSR count). The number of aromatic nitrogens is 4. The molecular weight excluding hydrogens is 370 g/mol. The summed E-state index contributed by atoms with van der Waals surface area (Å²) in [6.07, 6.45) is 3.45. The normalized spacial score (nSPS) is 16.8. The van der Waals surface area contributed by atoms with E-state index in [2.05, 4.69) is 15.1 Å². The van der Waals surface area contributed by atoms with Crippen LogP contribution in [0.15, 0.2) is 35.2 Å². The van der Waals surface area contributed by atoms with Crippen molar-refractivity contribution in [2.24, 2.45) is 0 Å². The molecule has 0 aliphatic carbocycles. The topological polar surface area (TPSA) is 94.2 Å². The average Bonchev–Trinajstić information content (AvgIpc) is 3.14. The van der Waals surface area contributed by atoms with Crippen LogP contribution >= 0.6 is 0 Å². The van der Waals surface area contributed by atoms with Crippen molar-refractivity contribution in [3.05, 3.63) is 59.1 Å². The SMILES string of the molecule is CCc1onc(C)c1-c1cccc([C@@H]2CN(C(=O)c3cncnc3C)CCO2)n1. The summed E-state index contributed by atoms with van der Waals surface area (Å²) in [6.45, 7) is 7.14. The van der Waals surface area contributed by atoms with Crippen molar-refractivity contribution in [1.82, 2.24) is 25.0 Å². The molecule has 8 heteroatoms. The summed E-state index contributed by atoms with van der Waals surface area (Å²) in [4.78, 5) is 27.6. The molecule has 1 amide bonds. The third-order valence-corrected chi connectivity index (χ3v) is 5.11. The Bertz CT molecular complexity index is 1030. The van der Waals surface area contributed by atoms with Crippen molar-refractivity contribution in [3.8, 4) is 11.3 Å². The lowest BCUT2D eigenvalue weighted by molar-refractivity contribution is -0.0247. The zero-order valence-corrected chi connectivity index (χ0v) is 16.8. The Morgan fingerprint density at radius 2 is 2.14 bits per heavy atom. The molecule has 1 atom stereocenters. The molecule has 0 radical (unpaired) electrons. The summed E-state index contributed by atoms with van der Waals surface area (Å²) in [5.41, 5.74) is 4.51. The first-order chi connectivity index (χ1) is 14.1. The molecule has 3 aromatic rings. The van der Waals surface area contributed by atoms with Gasteiger partial charge in [-0.2, -0.15) is 0 Å².